The van der Waals surface area contributed by atoms with E-state index in [1.165, 1.54) is 12.0 Å². The number of nitrogens with zero attached hydrogens (tertiary/aromatic N) is 1. The molecule has 30 heavy (non-hydrogen) atoms. The van der Waals surface area contributed by atoms with Crippen LogP contribution in [0.4, 0.5) is 11.4 Å². The molecular formula is C23H21ClN2O4. The van der Waals surface area contributed by atoms with E-state index in [9.17, 15) is 14.4 Å². The topological polar surface area (TPSA) is 75.7 Å². The van der Waals surface area contributed by atoms with Gasteiger partial charge in [0.1, 0.15) is 5.75 Å². The summed E-state index contributed by atoms with van der Waals surface area (Å²) in [6.07, 6.45) is 4.51. The van der Waals surface area contributed by atoms with E-state index in [1.807, 2.05) is 19.1 Å². The van der Waals surface area contributed by atoms with Crippen LogP contribution >= 0.6 is 11.6 Å². The van der Waals surface area contributed by atoms with Gasteiger partial charge in [-0.2, -0.15) is 0 Å². The van der Waals surface area contributed by atoms with Gasteiger partial charge in [-0.25, -0.2) is 0 Å². The molecule has 0 bridgehead atoms. The lowest BCUT2D eigenvalue weighted by Crippen LogP contribution is -2.31. The van der Waals surface area contributed by atoms with E-state index in [-0.39, 0.29) is 29.6 Å². The van der Waals surface area contributed by atoms with E-state index in [0.717, 1.165) is 0 Å². The first-order chi connectivity index (χ1) is 14.4. The molecule has 0 radical (unpaired) electrons. The summed E-state index contributed by atoms with van der Waals surface area (Å²) < 4.78 is 5.26. The van der Waals surface area contributed by atoms with Crippen molar-refractivity contribution in [1.82, 2.24) is 0 Å². The largest absolute Gasteiger partial charge is 0.495 e. The van der Waals surface area contributed by atoms with Crippen molar-refractivity contribution in [3.8, 4) is 5.75 Å². The molecular weight excluding hydrogens is 404 g/mol. The quantitative estimate of drug-likeness (QED) is 0.586. The highest BCUT2D eigenvalue weighted by Crippen LogP contribution is 2.40. The van der Waals surface area contributed by atoms with Crippen LogP contribution in [0.25, 0.3) is 0 Å². The fourth-order valence-electron chi connectivity index (χ4n) is 4.16. The predicted octanol–water partition coefficient (Wildman–Crippen LogP) is 4.30. The van der Waals surface area contributed by atoms with Gasteiger partial charge in [-0.3, -0.25) is 19.3 Å². The maximum atomic E-state index is 13.0. The maximum Gasteiger partial charge on any atom is 0.255 e. The molecule has 2 aliphatic rings. The Hall–Kier alpha value is -3.12. The lowest BCUT2D eigenvalue weighted by molar-refractivity contribution is -0.122. The second-order valence-corrected chi connectivity index (χ2v) is 7.95. The van der Waals surface area contributed by atoms with E-state index in [1.54, 1.807) is 42.5 Å². The minimum atomic E-state index is -0.399. The van der Waals surface area contributed by atoms with Crippen molar-refractivity contribution in [1.29, 1.82) is 0 Å². The number of methoxy groups -OCH3 is 1. The molecule has 1 saturated heterocycles. The van der Waals surface area contributed by atoms with Crippen molar-refractivity contribution in [2.75, 3.05) is 17.3 Å². The van der Waals surface area contributed by atoms with Crippen LogP contribution in [0, 0.1) is 17.8 Å². The summed E-state index contributed by atoms with van der Waals surface area (Å²) in [6.45, 7) is 1.95. The van der Waals surface area contributed by atoms with Crippen LogP contribution in [0.15, 0.2) is 54.6 Å². The van der Waals surface area contributed by atoms with Gasteiger partial charge in [0.2, 0.25) is 11.8 Å². The highest BCUT2D eigenvalue weighted by Gasteiger charge is 2.50. The Kier molecular flexibility index (Phi) is 5.35. The number of anilines is 2. The molecule has 1 aliphatic carbocycles. The molecule has 1 heterocycles. The summed E-state index contributed by atoms with van der Waals surface area (Å²) in [6, 6.07) is 11.4. The van der Waals surface area contributed by atoms with Gasteiger partial charge in [0.15, 0.2) is 0 Å². The van der Waals surface area contributed by atoms with Crippen molar-refractivity contribution in [2.45, 2.75) is 13.3 Å². The van der Waals surface area contributed by atoms with E-state index in [2.05, 4.69) is 5.32 Å². The molecule has 2 aromatic carbocycles. The van der Waals surface area contributed by atoms with E-state index in [0.29, 0.717) is 34.1 Å². The van der Waals surface area contributed by atoms with Crippen molar-refractivity contribution >= 4 is 40.7 Å². The third-order valence-corrected chi connectivity index (χ3v) is 5.88. The zero-order chi connectivity index (χ0) is 21.4. The number of amides is 3. The van der Waals surface area contributed by atoms with Crippen molar-refractivity contribution in [3.05, 3.63) is 65.2 Å². The van der Waals surface area contributed by atoms with Crippen LogP contribution in [0.5, 0.6) is 5.75 Å². The minimum Gasteiger partial charge on any atom is -0.495 e. The SMILES string of the molecule is COc1ccc(Cl)cc1NC(=O)c1cccc(N2C(=O)[C@@H]3[C@H](C)C=CC[C@H]3C2=O)c1. The summed E-state index contributed by atoms with van der Waals surface area (Å²) in [4.78, 5) is 40.0. The number of rotatable bonds is 4. The molecule has 1 fully saturated rings. The Morgan fingerprint density at radius 3 is 2.70 bits per heavy atom. The standard InChI is InChI=1S/C23H21ClN2O4/c1-13-5-3-8-17-20(13)23(29)26(22(17)28)16-7-4-6-14(11-16)21(27)25-18-12-15(24)9-10-19(18)30-2/h3-7,9-13,17,20H,8H2,1-2H3,(H,25,27)/t13-,17-,20-/m1/s1. The van der Waals surface area contributed by atoms with Crippen molar-refractivity contribution in [3.63, 3.8) is 0 Å². The number of carbonyl (C=O) groups is 3. The number of halogens is 1. The van der Waals surface area contributed by atoms with Gasteiger partial charge in [0.05, 0.1) is 30.3 Å². The molecule has 2 aromatic rings. The Balaban J connectivity index is 1.61. The Morgan fingerprint density at radius 2 is 1.97 bits per heavy atom. The molecule has 0 aromatic heterocycles. The number of nitrogens with one attached hydrogen (secondary N) is 1. The van der Waals surface area contributed by atoms with Crippen LogP contribution in [-0.4, -0.2) is 24.8 Å². The molecule has 0 unspecified atom stereocenters. The molecule has 0 spiro atoms. The Labute approximate surface area is 179 Å². The zero-order valence-electron chi connectivity index (χ0n) is 16.6. The third kappa shape index (κ3) is 3.48. The summed E-state index contributed by atoms with van der Waals surface area (Å²) in [5.74, 6) is -1.04. The maximum absolute atomic E-state index is 13.0. The number of allylic oxidation sites excluding steroid dienone is 2. The van der Waals surface area contributed by atoms with Crippen LogP contribution < -0.4 is 15.0 Å². The van der Waals surface area contributed by atoms with Gasteiger partial charge < -0.3 is 10.1 Å². The second-order valence-electron chi connectivity index (χ2n) is 7.52. The zero-order valence-corrected chi connectivity index (χ0v) is 17.3. The normalized spacial score (nSPS) is 22.8. The minimum absolute atomic E-state index is 0.00646. The van der Waals surface area contributed by atoms with E-state index in [4.69, 9.17) is 16.3 Å². The first-order valence-electron chi connectivity index (χ1n) is 9.70. The molecule has 1 aliphatic heterocycles. The molecule has 154 valence electrons. The monoisotopic (exact) mass is 424 g/mol. The first-order valence-corrected chi connectivity index (χ1v) is 10.1. The molecule has 7 heteroatoms. The van der Waals surface area contributed by atoms with Gasteiger partial charge >= 0.3 is 0 Å². The van der Waals surface area contributed by atoms with Gasteiger partial charge in [-0.05, 0) is 48.7 Å². The molecule has 4 rings (SSSR count). The number of fused-ring (bicyclic) bond motifs is 1. The lowest BCUT2D eigenvalue weighted by Gasteiger charge is -2.22. The van der Waals surface area contributed by atoms with Gasteiger partial charge in [0.25, 0.3) is 5.91 Å². The summed E-state index contributed by atoms with van der Waals surface area (Å²) in [5.41, 5.74) is 1.15. The van der Waals surface area contributed by atoms with Gasteiger partial charge in [0, 0.05) is 10.6 Å². The predicted molar refractivity (Wildman–Crippen MR) is 115 cm³/mol. The van der Waals surface area contributed by atoms with Crippen molar-refractivity contribution < 1.29 is 19.1 Å². The average Bonchev–Trinajstić information content (AvgIpc) is 2.99. The van der Waals surface area contributed by atoms with Crippen LogP contribution in [-0.2, 0) is 9.59 Å². The number of hydrogen-bond acceptors (Lipinski definition) is 4. The fraction of sp³-hybridized carbons (Fsp3) is 0.261. The van der Waals surface area contributed by atoms with Gasteiger partial charge in [-0.15, -0.1) is 0 Å². The highest BCUT2D eigenvalue weighted by atomic mass is 35.5. The molecule has 1 N–H and O–H groups in total. The number of benzene rings is 2. The van der Waals surface area contributed by atoms with E-state index >= 15 is 0 Å². The molecule has 3 amide bonds. The summed E-state index contributed by atoms with van der Waals surface area (Å²) in [7, 11) is 1.50. The number of ether oxygens (including phenoxy) is 1. The smallest absolute Gasteiger partial charge is 0.255 e. The average molecular weight is 425 g/mol. The molecule has 3 atom stereocenters. The van der Waals surface area contributed by atoms with E-state index < -0.39 is 5.91 Å². The highest BCUT2D eigenvalue weighted by molar-refractivity contribution is 6.31. The molecule has 6 nitrogen and oxygen atoms in total. The van der Waals surface area contributed by atoms with Crippen LogP contribution in [0.3, 0.4) is 0 Å². The lowest BCUT2D eigenvalue weighted by atomic mass is 9.78. The Bertz CT molecular complexity index is 1060. The number of carbonyl (C=O) groups excluding carboxylic acids is 3. The molecule has 0 saturated carbocycles. The third-order valence-electron chi connectivity index (χ3n) is 5.65. The van der Waals surface area contributed by atoms with Crippen molar-refractivity contribution in [2.24, 2.45) is 17.8 Å². The Morgan fingerprint density at radius 1 is 1.17 bits per heavy atom. The number of imide groups is 1. The first kappa shape index (κ1) is 20.2. The number of hydrogen-bond donors (Lipinski definition) is 1. The second kappa shape index (κ2) is 7.95. The van der Waals surface area contributed by atoms with Crippen LogP contribution in [0.2, 0.25) is 5.02 Å². The summed E-state index contributed by atoms with van der Waals surface area (Å²) in [5, 5.41) is 3.23. The summed E-state index contributed by atoms with van der Waals surface area (Å²) >= 11 is 6.02. The van der Waals surface area contributed by atoms with Crippen LogP contribution in [0.1, 0.15) is 23.7 Å². The fourth-order valence-corrected chi connectivity index (χ4v) is 4.33. The van der Waals surface area contributed by atoms with Gasteiger partial charge in [-0.1, -0.05) is 36.7 Å².